The van der Waals surface area contributed by atoms with E-state index in [2.05, 4.69) is 0 Å². The highest BCUT2D eigenvalue weighted by Gasteiger charge is 2.56. The number of piperidine rings is 1. The minimum Gasteiger partial charge on any atom is -0.312 e. The molecule has 1 aromatic rings. The first kappa shape index (κ1) is 17.5. The van der Waals surface area contributed by atoms with Gasteiger partial charge in [-0.3, -0.25) is 9.69 Å². The molecule has 0 aromatic heterocycles. The molecule has 3 aliphatic heterocycles. The smallest absolute Gasteiger partial charge is 0.312 e. The minimum absolute atomic E-state index is 0.103. The molecule has 4 rings (SSSR count). The van der Waals surface area contributed by atoms with E-state index in [1.807, 2.05) is 0 Å². The van der Waals surface area contributed by atoms with Gasteiger partial charge in [-0.1, -0.05) is 18.2 Å². The molecule has 0 aliphatic carbocycles. The fourth-order valence-corrected chi connectivity index (χ4v) is 5.97. The van der Waals surface area contributed by atoms with Crippen LogP contribution < -0.4 is 0 Å². The van der Waals surface area contributed by atoms with Crippen LogP contribution in [-0.2, 0) is 14.8 Å². The van der Waals surface area contributed by atoms with Gasteiger partial charge in [0.2, 0.25) is 10.0 Å². The first-order valence-corrected chi connectivity index (χ1v) is 10.5. The summed E-state index contributed by atoms with van der Waals surface area (Å²) in [6.45, 7) is 3.62. The van der Waals surface area contributed by atoms with Gasteiger partial charge in [-0.25, -0.2) is 13.2 Å². The summed E-state index contributed by atoms with van der Waals surface area (Å²) >= 11 is 0. The van der Waals surface area contributed by atoms with E-state index in [4.69, 9.17) is 0 Å². The third-order valence-corrected chi connectivity index (χ3v) is 7.93. The SMILES string of the molecule is CCN1C(=O)C2CC3(CCN(S(=O)(=O)c4ccccc4)CC3)CN2C1=O. The van der Waals surface area contributed by atoms with E-state index in [0.717, 1.165) is 0 Å². The monoisotopic (exact) mass is 377 g/mol. The fraction of sp³-hybridized carbons (Fsp3) is 0.556. The Bertz CT molecular complexity index is 805. The molecule has 3 heterocycles. The molecule has 1 spiro atoms. The highest BCUT2D eigenvalue weighted by atomic mass is 32.2. The van der Waals surface area contributed by atoms with Crippen LogP contribution in [-0.4, -0.2) is 66.7 Å². The lowest BCUT2D eigenvalue weighted by Gasteiger charge is -2.38. The third-order valence-electron chi connectivity index (χ3n) is 6.02. The van der Waals surface area contributed by atoms with Gasteiger partial charge in [0.15, 0.2) is 0 Å². The Morgan fingerprint density at radius 3 is 2.35 bits per heavy atom. The number of hydrogen-bond donors (Lipinski definition) is 0. The van der Waals surface area contributed by atoms with Crippen LogP contribution >= 0.6 is 0 Å². The molecule has 1 atom stereocenters. The van der Waals surface area contributed by atoms with Crippen LogP contribution in [0.1, 0.15) is 26.2 Å². The van der Waals surface area contributed by atoms with E-state index < -0.39 is 10.0 Å². The van der Waals surface area contributed by atoms with Gasteiger partial charge >= 0.3 is 6.03 Å². The fourth-order valence-electron chi connectivity index (χ4n) is 4.50. The second-order valence-corrected chi connectivity index (χ2v) is 9.37. The molecular formula is C18H23N3O4S. The van der Waals surface area contributed by atoms with Gasteiger partial charge in [0.05, 0.1) is 4.90 Å². The molecule has 140 valence electrons. The van der Waals surface area contributed by atoms with Gasteiger partial charge in [0.1, 0.15) is 6.04 Å². The maximum absolute atomic E-state index is 12.8. The van der Waals surface area contributed by atoms with Crippen molar-refractivity contribution in [2.75, 3.05) is 26.2 Å². The van der Waals surface area contributed by atoms with Gasteiger partial charge in [-0.2, -0.15) is 4.31 Å². The Morgan fingerprint density at radius 2 is 1.77 bits per heavy atom. The number of carbonyl (C=O) groups is 2. The number of imide groups is 1. The first-order valence-electron chi connectivity index (χ1n) is 9.05. The third kappa shape index (κ3) is 2.54. The Hall–Kier alpha value is -1.93. The van der Waals surface area contributed by atoms with Gasteiger partial charge in [-0.05, 0) is 43.7 Å². The van der Waals surface area contributed by atoms with Crippen LogP contribution in [0.5, 0.6) is 0 Å². The van der Waals surface area contributed by atoms with E-state index in [1.54, 1.807) is 42.2 Å². The average Bonchev–Trinajstić information content (AvgIpc) is 3.11. The van der Waals surface area contributed by atoms with Gasteiger partial charge in [-0.15, -0.1) is 0 Å². The number of urea groups is 1. The number of carbonyl (C=O) groups excluding carboxylic acids is 2. The predicted octanol–water partition coefficient (Wildman–Crippen LogP) is 1.51. The highest BCUT2D eigenvalue weighted by Crippen LogP contribution is 2.46. The Balaban J connectivity index is 1.47. The van der Waals surface area contributed by atoms with Crippen molar-refractivity contribution in [1.29, 1.82) is 0 Å². The maximum Gasteiger partial charge on any atom is 0.327 e. The molecule has 3 fully saturated rings. The van der Waals surface area contributed by atoms with Gasteiger partial charge in [0.25, 0.3) is 5.91 Å². The maximum atomic E-state index is 12.8. The van der Waals surface area contributed by atoms with Crippen molar-refractivity contribution in [3.05, 3.63) is 30.3 Å². The molecule has 1 aromatic carbocycles. The van der Waals surface area contributed by atoms with E-state index >= 15 is 0 Å². The Morgan fingerprint density at radius 1 is 1.12 bits per heavy atom. The lowest BCUT2D eigenvalue weighted by molar-refractivity contribution is -0.128. The molecular weight excluding hydrogens is 354 g/mol. The summed E-state index contributed by atoms with van der Waals surface area (Å²) < 4.78 is 27.1. The van der Waals surface area contributed by atoms with Crippen molar-refractivity contribution >= 4 is 22.0 Å². The lowest BCUT2D eigenvalue weighted by Crippen LogP contribution is -2.45. The van der Waals surface area contributed by atoms with E-state index in [0.29, 0.717) is 50.3 Å². The summed E-state index contributed by atoms with van der Waals surface area (Å²) in [5, 5.41) is 0. The van der Waals surface area contributed by atoms with Crippen LogP contribution in [0.25, 0.3) is 0 Å². The zero-order valence-electron chi connectivity index (χ0n) is 14.8. The number of benzene rings is 1. The van der Waals surface area contributed by atoms with Crippen LogP contribution in [0, 0.1) is 5.41 Å². The zero-order valence-corrected chi connectivity index (χ0v) is 15.6. The molecule has 0 radical (unpaired) electrons. The Labute approximate surface area is 153 Å². The molecule has 0 saturated carbocycles. The number of rotatable bonds is 3. The molecule has 3 amide bonds. The topological polar surface area (TPSA) is 78.0 Å². The van der Waals surface area contributed by atoms with Crippen molar-refractivity contribution in [2.24, 2.45) is 5.41 Å². The molecule has 26 heavy (non-hydrogen) atoms. The van der Waals surface area contributed by atoms with E-state index in [-0.39, 0.29) is 23.4 Å². The largest absolute Gasteiger partial charge is 0.327 e. The minimum atomic E-state index is -3.48. The number of sulfonamides is 1. The molecule has 0 N–H and O–H groups in total. The predicted molar refractivity (Wildman–Crippen MR) is 94.8 cm³/mol. The average molecular weight is 377 g/mol. The standard InChI is InChI=1S/C18H23N3O4S/c1-2-20-16(22)15-12-18(13-21(15)17(20)23)8-10-19(11-9-18)26(24,25)14-6-4-3-5-7-14/h3-7,15H,2,8-13H2,1H3. The van der Waals surface area contributed by atoms with Crippen molar-refractivity contribution in [3.8, 4) is 0 Å². The van der Waals surface area contributed by atoms with E-state index in [9.17, 15) is 18.0 Å². The van der Waals surface area contributed by atoms with Gasteiger partial charge in [0, 0.05) is 26.2 Å². The molecule has 3 saturated heterocycles. The van der Waals surface area contributed by atoms with Crippen LogP contribution in [0.4, 0.5) is 4.79 Å². The molecule has 0 bridgehead atoms. The quantitative estimate of drug-likeness (QED) is 0.748. The zero-order chi connectivity index (χ0) is 18.5. The first-order chi connectivity index (χ1) is 12.4. The van der Waals surface area contributed by atoms with Crippen LogP contribution in [0.2, 0.25) is 0 Å². The van der Waals surface area contributed by atoms with E-state index in [1.165, 1.54) is 9.21 Å². The number of likely N-dealkylation sites (N-methyl/N-ethyl adjacent to an activating group) is 1. The summed E-state index contributed by atoms with van der Waals surface area (Å²) in [5.74, 6) is -0.103. The second-order valence-electron chi connectivity index (χ2n) is 7.43. The number of hydrogen-bond acceptors (Lipinski definition) is 4. The molecule has 8 heteroatoms. The normalized spacial score (nSPS) is 26.0. The number of amides is 3. The van der Waals surface area contributed by atoms with Gasteiger partial charge < -0.3 is 4.90 Å². The van der Waals surface area contributed by atoms with Crippen LogP contribution in [0.15, 0.2) is 35.2 Å². The molecule has 3 aliphatic rings. The summed E-state index contributed by atoms with van der Waals surface area (Å²) in [7, 11) is -3.48. The lowest BCUT2D eigenvalue weighted by atomic mass is 9.77. The summed E-state index contributed by atoms with van der Waals surface area (Å²) in [4.78, 5) is 28.1. The highest BCUT2D eigenvalue weighted by molar-refractivity contribution is 7.89. The molecule has 1 unspecified atom stereocenters. The molecule has 7 nitrogen and oxygen atoms in total. The Kier molecular flexibility index (Phi) is 4.07. The summed E-state index contributed by atoms with van der Waals surface area (Å²) in [6.07, 6.45) is 2.00. The summed E-state index contributed by atoms with van der Waals surface area (Å²) in [5.41, 5.74) is -0.140. The number of nitrogens with zero attached hydrogens (tertiary/aromatic N) is 3. The number of fused-ring (bicyclic) bond motifs is 1. The van der Waals surface area contributed by atoms with Crippen molar-refractivity contribution < 1.29 is 18.0 Å². The van der Waals surface area contributed by atoms with Crippen LogP contribution in [0.3, 0.4) is 0 Å². The van der Waals surface area contributed by atoms with Crippen molar-refractivity contribution in [2.45, 2.75) is 37.1 Å². The van der Waals surface area contributed by atoms with Crippen molar-refractivity contribution in [1.82, 2.24) is 14.1 Å². The summed E-state index contributed by atoms with van der Waals surface area (Å²) in [6, 6.07) is 7.91. The second kappa shape index (κ2) is 6.06. The van der Waals surface area contributed by atoms with Crippen molar-refractivity contribution in [3.63, 3.8) is 0 Å².